The molecule has 0 aliphatic heterocycles. The zero-order valence-corrected chi connectivity index (χ0v) is 19.8. The Labute approximate surface area is 198 Å². The van der Waals surface area contributed by atoms with Gasteiger partial charge in [-0.15, -0.1) is 11.3 Å². The normalized spacial score (nSPS) is 11.3. The number of rotatable bonds is 7. The lowest BCUT2D eigenvalue weighted by molar-refractivity contribution is 0.0802. The first kappa shape index (κ1) is 22.9. The first-order valence-corrected chi connectivity index (χ1v) is 12.9. The molecule has 33 heavy (non-hydrogen) atoms. The molecular weight excluding hydrogens is 452 g/mol. The lowest BCUT2D eigenvalue weighted by Gasteiger charge is -2.17. The van der Waals surface area contributed by atoms with Crippen LogP contribution in [0.15, 0.2) is 95.2 Å². The van der Waals surface area contributed by atoms with Crippen LogP contribution in [-0.2, 0) is 16.4 Å². The molecular formula is C26H24N2O3S2. The summed E-state index contributed by atoms with van der Waals surface area (Å²) in [5.41, 5.74) is 5.15. The van der Waals surface area contributed by atoms with Crippen LogP contribution in [0, 0.1) is 0 Å². The minimum Gasteiger partial charge on any atom is -0.341 e. The summed E-state index contributed by atoms with van der Waals surface area (Å²) in [6, 6.07) is 26.8. The molecule has 0 radical (unpaired) electrons. The number of amides is 1. The lowest BCUT2D eigenvalue weighted by atomic mass is 10.0. The minimum atomic E-state index is -3.71. The molecule has 0 aliphatic carbocycles. The Balaban J connectivity index is 1.45. The maximum absolute atomic E-state index is 13.1. The van der Waals surface area contributed by atoms with Crippen LogP contribution in [0.3, 0.4) is 0 Å². The van der Waals surface area contributed by atoms with Crippen molar-refractivity contribution in [2.45, 2.75) is 11.3 Å². The summed E-state index contributed by atoms with van der Waals surface area (Å²) in [7, 11) is -1.93. The van der Waals surface area contributed by atoms with Gasteiger partial charge < -0.3 is 4.90 Å². The first-order chi connectivity index (χ1) is 15.8. The van der Waals surface area contributed by atoms with Gasteiger partial charge >= 0.3 is 0 Å². The Hall–Kier alpha value is -3.26. The predicted molar refractivity (Wildman–Crippen MR) is 134 cm³/mol. The maximum atomic E-state index is 13.1. The van der Waals surface area contributed by atoms with Crippen molar-refractivity contribution in [2.24, 2.45) is 5.14 Å². The molecule has 0 saturated heterocycles. The van der Waals surface area contributed by atoms with E-state index < -0.39 is 10.0 Å². The number of benzene rings is 3. The molecule has 0 unspecified atom stereocenters. The van der Waals surface area contributed by atoms with Gasteiger partial charge in [0.1, 0.15) is 0 Å². The van der Waals surface area contributed by atoms with Gasteiger partial charge in [-0.2, -0.15) is 0 Å². The van der Waals surface area contributed by atoms with Crippen LogP contribution in [0.25, 0.3) is 22.3 Å². The molecule has 0 atom stereocenters. The molecule has 168 valence electrons. The van der Waals surface area contributed by atoms with E-state index in [0.717, 1.165) is 27.8 Å². The molecule has 4 rings (SSSR count). The van der Waals surface area contributed by atoms with Crippen LogP contribution < -0.4 is 5.14 Å². The van der Waals surface area contributed by atoms with E-state index in [-0.39, 0.29) is 10.8 Å². The molecule has 4 aromatic rings. The summed E-state index contributed by atoms with van der Waals surface area (Å²) < 4.78 is 22.8. The van der Waals surface area contributed by atoms with Gasteiger partial charge in [0.05, 0.1) is 9.77 Å². The van der Waals surface area contributed by atoms with Gasteiger partial charge in [-0.05, 0) is 52.3 Å². The van der Waals surface area contributed by atoms with Crippen LogP contribution >= 0.6 is 11.3 Å². The van der Waals surface area contributed by atoms with Gasteiger partial charge in [0.15, 0.2) is 0 Å². The summed E-state index contributed by atoms with van der Waals surface area (Å²) in [4.78, 5) is 15.6. The lowest BCUT2D eigenvalue weighted by Crippen LogP contribution is -2.28. The van der Waals surface area contributed by atoms with Crippen LogP contribution in [0.2, 0.25) is 0 Å². The largest absolute Gasteiger partial charge is 0.341 e. The fourth-order valence-corrected chi connectivity index (χ4v) is 5.02. The predicted octanol–water partition coefficient (Wildman–Crippen LogP) is 5.04. The highest BCUT2D eigenvalue weighted by Gasteiger charge is 2.18. The molecule has 1 aromatic heterocycles. The molecule has 2 N–H and O–H groups in total. The van der Waals surface area contributed by atoms with E-state index in [1.807, 2.05) is 41.8 Å². The number of thiophene rings is 1. The van der Waals surface area contributed by atoms with Crippen molar-refractivity contribution in [3.63, 3.8) is 0 Å². The summed E-state index contributed by atoms with van der Waals surface area (Å²) in [6.07, 6.45) is 0.611. The monoisotopic (exact) mass is 476 g/mol. The zero-order valence-electron chi connectivity index (χ0n) is 18.1. The molecule has 0 aliphatic rings. The van der Waals surface area contributed by atoms with E-state index >= 15 is 0 Å². The summed E-state index contributed by atoms with van der Waals surface area (Å²) in [5.74, 6) is -0.0340. The number of nitrogens with two attached hydrogens (primary N) is 1. The topological polar surface area (TPSA) is 80.5 Å². The Morgan fingerprint density at radius 1 is 0.848 bits per heavy atom. The van der Waals surface area contributed by atoms with Gasteiger partial charge in [-0.3, -0.25) is 4.79 Å². The van der Waals surface area contributed by atoms with E-state index in [2.05, 4.69) is 24.3 Å². The zero-order chi connectivity index (χ0) is 23.4. The van der Waals surface area contributed by atoms with E-state index in [4.69, 9.17) is 5.14 Å². The number of hydrogen-bond donors (Lipinski definition) is 1. The Bertz CT molecular complexity index is 1340. The highest BCUT2D eigenvalue weighted by atomic mass is 32.2. The minimum absolute atomic E-state index is 0.0340. The molecule has 1 amide bonds. The van der Waals surface area contributed by atoms with E-state index in [1.165, 1.54) is 23.5 Å². The molecule has 0 saturated carbocycles. The second kappa shape index (κ2) is 9.70. The fourth-order valence-electron chi connectivity index (χ4n) is 3.59. The van der Waals surface area contributed by atoms with Gasteiger partial charge in [0.25, 0.3) is 5.91 Å². The van der Waals surface area contributed by atoms with Crippen molar-refractivity contribution in [3.8, 4) is 22.3 Å². The van der Waals surface area contributed by atoms with Crippen molar-refractivity contribution in [1.29, 1.82) is 0 Å². The number of likely N-dealkylation sites (N-methyl/N-ethyl adjacent to an activating group) is 1. The van der Waals surface area contributed by atoms with E-state index in [1.54, 1.807) is 24.1 Å². The first-order valence-electron chi connectivity index (χ1n) is 10.4. The third kappa shape index (κ3) is 5.39. The third-order valence-corrected chi connectivity index (χ3v) is 7.33. The highest BCUT2D eigenvalue weighted by Crippen LogP contribution is 2.31. The quantitative estimate of drug-likeness (QED) is 0.406. The Morgan fingerprint density at radius 2 is 1.45 bits per heavy atom. The summed E-state index contributed by atoms with van der Waals surface area (Å²) >= 11 is 1.44. The number of primary sulfonamides is 1. The smallest absolute Gasteiger partial charge is 0.264 e. The number of carbonyl (C=O) groups excluding carboxylic acids is 1. The summed E-state index contributed by atoms with van der Waals surface area (Å²) in [5, 5.41) is 7.08. The third-order valence-electron chi connectivity index (χ3n) is 5.50. The SMILES string of the molecule is CN(CCc1ccc(S(N)(=O)=O)cc1)C(=O)c1sccc1-c1ccc(-c2ccccc2)cc1. The van der Waals surface area contributed by atoms with Gasteiger partial charge in [0.2, 0.25) is 10.0 Å². The van der Waals surface area contributed by atoms with E-state index in [9.17, 15) is 13.2 Å². The summed E-state index contributed by atoms with van der Waals surface area (Å²) in [6.45, 7) is 0.512. The standard InChI is InChI=1S/C26H24N2O3S2/c1-28(17-15-19-7-13-23(14-8-19)33(27,30)31)26(29)25-24(16-18-32-25)22-11-9-21(10-12-22)20-5-3-2-4-6-20/h2-14,16,18H,15,17H2,1H3,(H2,27,30,31). The molecule has 1 heterocycles. The van der Waals surface area contributed by atoms with E-state index in [0.29, 0.717) is 17.8 Å². The number of hydrogen-bond acceptors (Lipinski definition) is 4. The molecule has 0 fully saturated rings. The molecule has 5 nitrogen and oxygen atoms in total. The van der Waals surface area contributed by atoms with Crippen molar-refractivity contribution >= 4 is 27.3 Å². The highest BCUT2D eigenvalue weighted by molar-refractivity contribution is 7.89. The maximum Gasteiger partial charge on any atom is 0.264 e. The van der Waals surface area contributed by atoms with Crippen LogP contribution in [0.4, 0.5) is 0 Å². The number of sulfonamides is 1. The van der Waals surface area contributed by atoms with Gasteiger partial charge in [-0.25, -0.2) is 13.6 Å². The average Bonchev–Trinajstić information content (AvgIpc) is 3.32. The second-order valence-electron chi connectivity index (χ2n) is 7.77. The average molecular weight is 477 g/mol. The second-order valence-corrected chi connectivity index (χ2v) is 10.2. The molecule has 3 aromatic carbocycles. The Morgan fingerprint density at radius 3 is 2.09 bits per heavy atom. The van der Waals surface area contributed by atoms with Gasteiger partial charge in [-0.1, -0.05) is 66.7 Å². The van der Waals surface area contributed by atoms with Crippen molar-refractivity contribution < 1.29 is 13.2 Å². The van der Waals surface area contributed by atoms with Crippen molar-refractivity contribution in [3.05, 3.63) is 101 Å². The fraction of sp³-hybridized carbons (Fsp3) is 0.115. The van der Waals surface area contributed by atoms with Crippen molar-refractivity contribution in [2.75, 3.05) is 13.6 Å². The molecule has 0 spiro atoms. The van der Waals surface area contributed by atoms with Crippen molar-refractivity contribution in [1.82, 2.24) is 4.90 Å². The van der Waals surface area contributed by atoms with Crippen LogP contribution in [0.1, 0.15) is 15.2 Å². The van der Waals surface area contributed by atoms with Crippen LogP contribution in [-0.4, -0.2) is 32.8 Å². The Kier molecular flexibility index (Phi) is 6.74. The molecule has 7 heteroatoms. The molecule has 0 bridgehead atoms. The van der Waals surface area contributed by atoms with Crippen LogP contribution in [0.5, 0.6) is 0 Å². The number of nitrogens with zero attached hydrogens (tertiary/aromatic N) is 1. The number of carbonyl (C=O) groups is 1. The van der Waals surface area contributed by atoms with Gasteiger partial charge in [0, 0.05) is 19.2 Å².